The maximum absolute atomic E-state index is 12.6. The van der Waals surface area contributed by atoms with Crippen molar-refractivity contribution in [1.29, 1.82) is 0 Å². The molecule has 1 aliphatic rings. The van der Waals surface area contributed by atoms with Crippen LogP contribution in [-0.2, 0) is 19.7 Å². The summed E-state index contributed by atoms with van der Waals surface area (Å²) in [6.45, 7) is 14.3. The minimum atomic E-state index is -0.613. The Morgan fingerprint density at radius 3 is 2.03 bits per heavy atom. The molecule has 190 valence electrons. The molecule has 1 aromatic rings. The summed E-state index contributed by atoms with van der Waals surface area (Å²) < 4.78 is 11.0. The minimum Gasteiger partial charge on any atom is -0.494 e. The highest BCUT2D eigenvalue weighted by atomic mass is 16.6. The second kappa shape index (κ2) is 12.1. The van der Waals surface area contributed by atoms with Crippen LogP contribution in [0.15, 0.2) is 24.3 Å². The van der Waals surface area contributed by atoms with Gasteiger partial charge in [-0.15, -0.1) is 0 Å². The van der Waals surface area contributed by atoms with Crippen LogP contribution in [0.1, 0.15) is 66.4 Å². The summed E-state index contributed by atoms with van der Waals surface area (Å²) in [7, 11) is 0. The quantitative estimate of drug-likeness (QED) is 0.607. The first-order valence-corrected chi connectivity index (χ1v) is 12.1. The number of carbonyl (C=O) groups is 3. The fourth-order valence-corrected chi connectivity index (χ4v) is 3.61. The number of hydrogen-bond acceptors (Lipinski definition) is 5. The summed E-state index contributed by atoms with van der Waals surface area (Å²) in [6, 6.07) is 8.10. The third-order valence-corrected chi connectivity index (χ3v) is 5.51. The molecule has 0 unspecified atom stereocenters. The number of amides is 3. The van der Waals surface area contributed by atoms with Crippen LogP contribution in [0.4, 0.5) is 4.79 Å². The summed E-state index contributed by atoms with van der Waals surface area (Å²) >= 11 is 0. The first-order valence-electron chi connectivity index (χ1n) is 12.1. The van der Waals surface area contributed by atoms with Crippen molar-refractivity contribution in [2.24, 2.45) is 0 Å². The van der Waals surface area contributed by atoms with Crippen molar-refractivity contribution in [3.05, 3.63) is 29.8 Å². The highest BCUT2D eigenvalue weighted by Gasteiger charge is 2.23. The molecule has 3 amide bonds. The van der Waals surface area contributed by atoms with Gasteiger partial charge in [-0.2, -0.15) is 0 Å². The van der Waals surface area contributed by atoms with Crippen molar-refractivity contribution in [1.82, 2.24) is 15.1 Å². The largest absolute Gasteiger partial charge is 0.494 e. The molecule has 1 saturated heterocycles. The SMILES string of the molecule is CC(C)(C)OC(=O)NCC(=O)N1CCCN(C(=O)CCCOc2ccc(C(C)(C)C)cc2)CC1. The Bertz CT molecular complexity index is 824. The highest BCUT2D eigenvalue weighted by Crippen LogP contribution is 2.24. The molecular formula is C26H41N3O5. The average Bonchev–Trinajstić information content (AvgIpc) is 3.00. The lowest BCUT2D eigenvalue weighted by atomic mass is 9.87. The number of hydrogen-bond donors (Lipinski definition) is 1. The van der Waals surface area contributed by atoms with Crippen LogP contribution in [-0.4, -0.2) is 72.6 Å². The van der Waals surface area contributed by atoms with E-state index in [1.165, 1.54) is 5.56 Å². The van der Waals surface area contributed by atoms with Gasteiger partial charge >= 0.3 is 6.09 Å². The molecule has 0 aliphatic carbocycles. The third kappa shape index (κ3) is 9.61. The molecule has 0 aromatic heterocycles. The van der Waals surface area contributed by atoms with E-state index >= 15 is 0 Å². The molecule has 0 bridgehead atoms. The summed E-state index contributed by atoms with van der Waals surface area (Å²) in [6.07, 6.45) is 1.15. The number of benzene rings is 1. The van der Waals surface area contributed by atoms with E-state index in [0.717, 1.165) is 5.75 Å². The lowest BCUT2D eigenvalue weighted by molar-refractivity contribution is -0.133. The molecular weight excluding hydrogens is 434 g/mol. The smallest absolute Gasteiger partial charge is 0.408 e. The van der Waals surface area contributed by atoms with Gasteiger partial charge in [0.15, 0.2) is 0 Å². The number of nitrogens with zero attached hydrogens (tertiary/aromatic N) is 2. The number of ether oxygens (including phenoxy) is 2. The first-order chi connectivity index (χ1) is 15.8. The summed E-state index contributed by atoms with van der Waals surface area (Å²) in [5, 5.41) is 2.50. The topological polar surface area (TPSA) is 88.2 Å². The Kier molecular flexibility index (Phi) is 9.77. The Balaban J connectivity index is 1.69. The Morgan fingerprint density at radius 1 is 0.882 bits per heavy atom. The van der Waals surface area contributed by atoms with Gasteiger partial charge in [0.2, 0.25) is 11.8 Å². The van der Waals surface area contributed by atoms with Gasteiger partial charge in [-0.05, 0) is 56.7 Å². The zero-order valence-corrected chi connectivity index (χ0v) is 21.6. The minimum absolute atomic E-state index is 0.0767. The van der Waals surface area contributed by atoms with Crippen molar-refractivity contribution in [2.45, 2.75) is 71.8 Å². The Labute approximate surface area is 204 Å². The van der Waals surface area contributed by atoms with Gasteiger partial charge < -0.3 is 24.6 Å². The molecule has 0 radical (unpaired) electrons. The number of nitrogens with one attached hydrogen (secondary N) is 1. The predicted molar refractivity (Wildman–Crippen MR) is 132 cm³/mol. The van der Waals surface area contributed by atoms with E-state index < -0.39 is 11.7 Å². The second-order valence-corrected chi connectivity index (χ2v) is 10.7. The van der Waals surface area contributed by atoms with Crippen LogP contribution in [0.5, 0.6) is 5.75 Å². The van der Waals surface area contributed by atoms with E-state index in [2.05, 4.69) is 38.2 Å². The molecule has 8 heteroatoms. The summed E-state index contributed by atoms with van der Waals surface area (Å²) in [4.78, 5) is 40.3. The zero-order valence-electron chi connectivity index (χ0n) is 21.6. The molecule has 1 aliphatic heterocycles. The number of alkyl carbamates (subject to hydrolysis) is 1. The molecule has 0 spiro atoms. The summed E-state index contributed by atoms with van der Waals surface area (Å²) in [5.41, 5.74) is 0.746. The van der Waals surface area contributed by atoms with E-state index in [1.54, 1.807) is 25.7 Å². The Morgan fingerprint density at radius 2 is 1.47 bits per heavy atom. The zero-order chi connectivity index (χ0) is 25.4. The Hall–Kier alpha value is -2.77. The van der Waals surface area contributed by atoms with Gasteiger partial charge in [-0.3, -0.25) is 9.59 Å². The van der Waals surface area contributed by atoms with Crippen molar-refractivity contribution < 1.29 is 23.9 Å². The molecule has 1 heterocycles. The van der Waals surface area contributed by atoms with Crippen LogP contribution < -0.4 is 10.1 Å². The van der Waals surface area contributed by atoms with E-state index in [4.69, 9.17) is 9.47 Å². The molecule has 0 atom stereocenters. The van der Waals surface area contributed by atoms with Crippen LogP contribution in [0, 0.1) is 0 Å². The number of carbonyl (C=O) groups excluding carboxylic acids is 3. The van der Waals surface area contributed by atoms with Gasteiger partial charge in [-0.25, -0.2) is 4.79 Å². The molecule has 1 fully saturated rings. The maximum Gasteiger partial charge on any atom is 0.408 e. The monoisotopic (exact) mass is 475 g/mol. The third-order valence-electron chi connectivity index (χ3n) is 5.51. The van der Waals surface area contributed by atoms with Crippen molar-refractivity contribution in [3.63, 3.8) is 0 Å². The van der Waals surface area contributed by atoms with Crippen LogP contribution in [0.3, 0.4) is 0 Å². The van der Waals surface area contributed by atoms with E-state index in [9.17, 15) is 14.4 Å². The first kappa shape index (κ1) is 27.5. The van der Waals surface area contributed by atoms with Gasteiger partial charge in [-0.1, -0.05) is 32.9 Å². The maximum atomic E-state index is 12.6. The molecule has 1 N–H and O–H groups in total. The van der Waals surface area contributed by atoms with Gasteiger partial charge in [0.25, 0.3) is 0 Å². The standard InChI is InChI=1S/C26H41N3O5/c1-25(2,3)20-10-12-21(13-11-20)33-18-7-9-22(30)28-14-8-15-29(17-16-28)23(31)19-27-24(32)34-26(4,5)6/h10-13H,7-9,14-19H2,1-6H3,(H,27,32). The molecule has 0 saturated carbocycles. The highest BCUT2D eigenvalue weighted by molar-refractivity contribution is 5.82. The van der Waals surface area contributed by atoms with Crippen LogP contribution >= 0.6 is 0 Å². The summed E-state index contributed by atoms with van der Waals surface area (Å²) in [5.74, 6) is 0.711. The lowest BCUT2D eigenvalue weighted by Gasteiger charge is -2.23. The fraction of sp³-hybridized carbons (Fsp3) is 0.654. The van der Waals surface area contributed by atoms with Crippen molar-refractivity contribution in [2.75, 3.05) is 39.3 Å². The van der Waals surface area contributed by atoms with E-state index in [0.29, 0.717) is 52.0 Å². The second-order valence-electron chi connectivity index (χ2n) is 10.7. The van der Waals surface area contributed by atoms with E-state index in [1.807, 2.05) is 17.0 Å². The normalized spacial score (nSPS) is 14.9. The van der Waals surface area contributed by atoms with E-state index in [-0.39, 0.29) is 23.8 Å². The molecule has 2 rings (SSSR count). The van der Waals surface area contributed by atoms with Gasteiger partial charge in [0, 0.05) is 32.6 Å². The van der Waals surface area contributed by atoms with Crippen LogP contribution in [0.25, 0.3) is 0 Å². The predicted octanol–water partition coefficient (Wildman–Crippen LogP) is 3.73. The average molecular weight is 476 g/mol. The van der Waals surface area contributed by atoms with Crippen LogP contribution in [0.2, 0.25) is 0 Å². The lowest BCUT2D eigenvalue weighted by Crippen LogP contribution is -2.43. The molecule has 34 heavy (non-hydrogen) atoms. The fourth-order valence-electron chi connectivity index (χ4n) is 3.61. The molecule has 8 nitrogen and oxygen atoms in total. The molecule has 1 aromatic carbocycles. The number of rotatable bonds is 7. The van der Waals surface area contributed by atoms with Gasteiger partial charge in [0.1, 0.15) is 17.9 Å². The van der Waals surface area contributed by atoms with Crippen molar-refractivity contribution in [3.8, 4) is 5.75 Å². The van der Waals surface area contributed by atoms with Crippen molar-refractivity contribution >= 4 is 17.9 Å². The van der Waals surface area contributed by atoms with Gasteiger partial charge in [0.05, 0.1) is 6.61 Å².